The molecule has 0 N–H and O–H groups in total. The lowest BCUT2D eigenvalue weighted by molar-refractivity contribution is 0.364. The minimum atomic E-state index is 0.495. The molecule has 0 nitrogen and oxygen atoms in total. The fraction of sp³-hybridized carbons (Fsp3) is 1.00. The third-order valence-corrected chi connectivity index (χ3v) is 3.65. The molecule has 0 fully saturated rings. The first kappa shape index (κ1) is 14.3. The molecule has 0 spiro atoms. The Bertz CT molecular complexity index is 118. The zero-order chi connectivity index (χ0) is 11.2. The van der Waals surface area contributed by atoms with E-state index in [4.69, 9.17) is 0 Å². The Hall–Kier alpha value is 0.350. The number of hydrogen-bond donors (Lipinski definition) is 0. The molecular formula is C13H28S. The summed E-state index contributed by atoms with van der Waals surface area (Å²) in [5.74, 6) is 2.63. The van der Waals surface area contributed by atoms with Gasteiger partial charge in [0, 0.05) is 0 Å². The summed E-state index contributed by atoms with van der Waals surface area (Å²) < 4.78 is 0. The predicted molar refractivity (Wildman–Crippen MR) is 70.1 cm³/mol. The molecule has 0 aliphatic carbocycles. The SMILES string of the molecule is CC(C)(C)CCCCSCC(C)(C)C. The van der Waals surface area contributed by atoms with E-state index in [0.29, 0.717) is 10.8 Å². The third kappa shape index (κ3) is 12.3. The van der Waals surface area contributed by atoms with Gasteiger partial charge in [0.15, 0.2) is 0 Å². The van der Waals surface area contributed by atoms with E-state index in [-0.39, 0.29) is 0 Å². The summed E-state index contributed by atoms with van der Waals surface area (Å²) in [7, 11) is 0. The van der Waals surface area contributed by atoms with Crippen molar-refractivity contribution in [3.05, 3.63) is 0 Å². The van der Waals surface area contributed by atoms with Crippen molar-refractivity contribution in [1.82, 2.24) is 0 Å². The van der Waals surface area contributed by atoms with Gasteiger partial charge in [0.2, 0.25) is 0 Å². The van der Waals surface area contributed by atoms with E-state index in [1.54, 1.807) is 0 Å². The van der Waals surface area contributed by atoms with Crippen LogP contribution in [0.1, 0.15) is 60.8 Å². The van der Waals surface area contributed by atoms with Crippen molar-refractivity contribution in [2.75, 3.05) is 11.5 Å². The molecule has 0 aromatic carbocycles. The van der Waals surface area contributed by atoms with Gasteiger partial charge in [-0.3, -0.25) is 0 Å². The molecule has 0 aliphatic rings. The molecule has 14 heavy (non-hydrogen) atoms. The summed E-state index contributed by atoms with van der Waals surface area (Å²) in [4.78, 5) is 0. The van der Waals surface area contributed by atoms with Gasteiger partial charge < -0.3 is 0 Å². The van der Waals surface area contributed by atoms with Gasteiger partial charge in [0.25, 0.3) is 0 Å². The van der Waals surface area contributed by atoms with Crippen LogP contribution >= 0.6 is 11.8 Å². The molecule has 0 atom stereocenters. The fourth-order valence-electron chi connectivity index (χ4n) is 1.24. The standard InChI is InChI=1S/C13H28S/c1-12(2,3)9-7-8-10-14-11-13(4,5)6/h7-11H2,1-6H3. The van der Waals surface area contributed by atoms with Crippen LogP contribution < -0.4 is 0 Å². The molecule has 0 saturated heterocycles. The average Bonchev–Trinajstić information content (AvgIpc) is 1.92. The van der Waals surface area contributed by atoms with Crippen molar-refractivity contribution in [1.29, 1.82) is 0 Å². The van der Waals surface area contributed by atoms with Crippen LogP contribution in [0.5, 0.6) is 0 Å². The molecule has 86 valence electrons. The highest BCUT2D eigenvalue weighted by Crippen LogP contribution is 2.24. The average molecular weight is 216 g/mol. The van der Waals surface area contributed by atoms with Gasteiger partial charge in [-0.25, -0.2) is 0 Å². The van der Waals surface area contributed by atoms with E-state index in [9.17, 15) is 0 Å². The van der Waals surface area contributed by atoms with Gasteiger partial charge in [-0.1, -0.05) is 48.0 Å². The monoisotopic (exact) mass is 216 g/mol. The van der Waals surface area contributed by atoms with Gasteiger partial charge in [-0.15, -0.1) is 0 Å². The third-order valence-electron chi connectivity index (χ3n) is 2.00. The topological polar surface area (TPSA) is 0 Å². The Morgan fingerprint density at radius 1 is 0.786 bits per heavy atom. The maximum Gasteiger partial charge on any atom is -0.00187 e. The lowest BCUT2D eigenvalue weighted by atomic mass is 9.90. The lowest BCUT2D eigenvalue weighted by Crippen LogP contribution is -2.09. The second-order valence-corrected chi connectivity index (χ2v) is 7.74. The van der Waals surface area contributed by atoms with E-state index in [1.807, 2.05) is 0 Å². The number of rotatable bonds is 5. The Balaban J connectivity index is 3.23. The lowest BCUT2D eigenvalue weighted by Gasteiger charge is -2.19. The molecule has 0 amide bonds. The maximum atomic E-state index is 2.33. The second kappa shape index (κ2) is 6.05. The molecule has 0 rings (SSSR count). The molecule has 0 aromatic heterocycles. The highest BCUT2D eigenvalue weighted by molar-refractivity contribution is 7.99. The normalized spacial score (nSPS) is 13.3. The molecule has 0 unspecified atom stereocenters. The molecule has 0 radical (unpaired) electrons. The van der Waals surface area contributed by atoms with E-state index in [2.05, 4.69) is 53.3 Å². The molecule has 0 aromatic rings. The number of thioether (sulfide) groups is 1. The second-order valence-electron chi connectivity index (χ2n) is 6.63. The molecular weight excluding hydrogens is 188 g/mol. The summed E-state index contributed by atoms with van der Waals surface area (Å²) in [6.45, 7) is 13.9. The van der Waals surface area contributed by atoms with Crippen LogP contribution in [0, 0.1) is 10.8 Å². The van der Waals surface area contributed by atoms with Gasteiger partial charge in [-0.2, -0.15) is 11.8 Å². The van der Waals surface area contributed by atoms with Crippen molar-refractivity contribution >= 4 is 11.8 Å². The number of hydrogen-bond acceptors (Lipinski definition) is 1. The van der Waals surface area contributed by atoms with Crippen LogP contribution in [-0.2, 0) is 0 Å². The molecule has 0 aliphatic heterocycles. The van der Waals surface area contributed by atoms with Gasteiger partial charge in [0.05, 0.1) is 0 Å². The fourth-order valence-corrected chi connectivity index (χ4v) is 2.40. The van der Waals surface area contributed by atoms with Gasteiger partial charge in [-0.05, 0) is 35.2 Å². The summed E-state index contributed by atoms with van der Waals surface area (Å²) >= 11 is 2.11. The summed E-state index contributed by atoms with van der Waals surface area (Å²) in [5, 5.41) is 0. The summed E-state index contributed by atoms with van der Waals surface area (Å²) in [6, 6.07) is 0. The largest absolute Gasteiger partial charge is 0.161 e. The predicted octanol–water partition coefficient (Wildman–Crippen LogP) is 4.98. The van der Waals surface area contributed by atoms with Gasteiger partial charge >= 0.3 is 0 Å². The molecule has 0 bridgehead atoms. The Kier molecular flexibility index (Phi) is 6.20. The van der Waals surface area contributed by atoms with E-state index in [1.165, 1.54) is 30.8 Å². The van der Waals surface area contributed by atoms with Gasteiger partial charge in [0.1, 0.15) is 0 Å². The zero-order valence-electron chi connectivity index (χ0n) is 10.9. The van der Waals surface area contributed by atoms with E-state index >= 15 is 0 Å². The highest BCUT2D eigenvalue weighted by atomic mass is 32.2. The minimum absolute atomic E-state index is 0.495. The first-order chi connectivity index (χ1) is 6.21. The first-order valence-corrected chi connectivity index (χ1v) is 6.94. The van der Waals surface area contributed by atoms with Crippen LogP contribution in [-0.4, -0.2) is 11.5 Å². The van der Waals surface area contributed by atoms with Crippen LogP contribution in [0.4, 0.5) is 0 Å². The van der Waals surface area contributed by atoms with E-state index in [0.717, 1.165) is 0 Å². The Labute approximate surface area is 95.2 Å². The zero-order valence-corrected chi connectivity index (χ0v) is 11.8. The molecule has 0 heterocycles. The number of unbranched alkanes of at least 4 members (excludes halogenated alkanes) is 1. The Morgan fingerprint density at radius 2 is 1.36 bits per heavy atom. The smallest absolute Gasteiger partial charge is 0.00187 e. The van der Waals surface area contributed by atoms with Crippen molar-refractivity contribution in [3.63, 3.8) is 0 Å². The van der Waals surface area contributed by atoms with Crippen LogP contribution in [0.25, 0.3) is 0 Å². The maximum absolute atomic E-state index is 2.33. The van der Waals surface area contributed by atoms with Crippen molar-refractivity contribution in [2.24, 2.45) is 10.8 Å². The van der Waals surface area contributed by atoms with Crippen LogP contribution in [0.15, 0.2) is 0 Å². The quantitative estimate of drug-likeness (QED) is 0.584. The first-order valence-electron chi connectivity index (χ1n) is 5.78. The molecule has 0 saturated carbocycles. The van der Waals surface area contributed by atoms with Crippen molar-refractivity contribution in [2.45, 2.75) is 60.8 Å². The van der Waals surface area contributed by atoms with Crippen LogP contribution in [0.3, 0.4) is 0 Å². The van der Waals surface area contributed by atoms with Crippen molar-refractivity contribution in [3.8, 4) is 0 Å². The van der Waals surface area contributed by atoms with Crippen molar-refractivity contribution < 1.29 is 0 Å². The van der Waals surface area contributed by atoms with Crippen LogP contribution in [0.2, 0.25) is 0 Å². The minimum Gasteiger partial charge on any atom is -0.161 e. The summed E-state index contributed by atoms with van der Waals surface area (Å²) in [5.41, 5.74) is 1.02. The Morgan fingerprint density at radius 3 is 1.79 bits per heavy atom. The molecule has 1 heteroatoms. The van der Waals surface area contributed by atoms with E-state index < -0.39 is 0 Å². The summed E-state index contributed by atoms with van der Waals surface area (Å²) in [6.07, 6.45) is 4.14. The highest BCUT2D eigenvalue weighted by Gasteiger charge is 2.11.